The third-order valence-corrected chi connectivity index (χ3v) is 2.13. The minimum Gasteiger partial charge on any atom is -0.477 e. The molecule has 1 aromatic heterocycles. The van der Waals surface area contributed by atoms with Crippen molar-refractivity contribution in [3.63, 3.8) is 0 Å². The zero-order valence-electron chi connectivity index (χ0n) is 8.78. The van der Waals surface area contributed by atoms with Gasteiger partial charge in [-0.1, -0.05) is 0 Å². The van der Waals surface area contributed by atoms with Crippen LogP contribution in [0.4, 0.5) is 13.2 Å². The Morgan fingerprint density at radius 1 is 1.35 bits per heavy atom. The van der Waals surface area contributed by atoms with Crippen molar-refractivity contribution in [2.75, 3.05) is 0 Å². The van der Waals surface area contributed by atoms with Crippen molar-refractivity contribution in [1.82, 2.24) is 0 Å². The standard InChI is InChI=1S/C10H8F3NO3/c1-6-2-3-7(9(16)17)4-14(6)5-8(15)10(11,12)13/h2-4H,5H2,1H3/p+1. The molecule has 1 rings (SSSR count). The van der Waals surface area contributed by atoms with Crippen LogP contribution in [0.15, 0.2) is 18.3 Å². The van der Waals surface area contributed by atoms with Gasteiger partial charge < -0.3 is 5.11 Å². The molecular weight excluding hydrogens is 239 g/mol. The second-order valence-electron chi connectivity index (χ2n) is 3.41. The Hall–Kier alpha value is -1.92. The lowest BCUT2D eigenvalue weighted by Gasteiger charge is -2.04. The highest BCUT2D eigenvalue weighted by Gasteiger charge is 2.41. The van der Waals surface area contributed by atoms with Crippen LogP contribution in [0.25, 0.3) is 0 Å². The van der Waals surface area contributed by atoms with Crippen LogP contribution in [-0.4, -0.2) is 23.0 Å². The van der Waals surface area contributed by atoms with E-state index in [1.807, 2.05) is 0 Å². The normalized spacial score (nSPS) is 11.3. The van der Waals surface area contributed by atoms with E-state index in [1.165, 1.54) is 19.1 Å². The molecule has 0 spiro atoms. The number of alkyl halides is 3. The van der Waals surface area contributed by atoms with E-state index in [9.17, 15) is 22.8 Å². The maximum atomic E-state index is 12.0. The molecule has 17 heavy (non-hydrogen) atoms. The largest absolute Gasteiger partial charge is 0.477 e. The predicted octanol–water partition coefficient (Wildman–Crippen LogP) is 1.11. The average Bonchev–Trinajstić information content (AvgIpc) is 2.19. The van der Waals surface area contributed by atoms with Gasteiger partial charge in [-0.2, -0.15) is 17.7 Å². The fourth-order valence-electron chi connectivity index (χ4n) is 1.16. The molecule has 0 aliphatic heterocycles. The number of hydrogen-bond acceptors (Lipinski definition) is 2. The second kappa shape index (κ2) is 4.52. The molecule has 1 N–H and O–H groups in total. The summed E-state index contributed by atoms with van der Waals surface area (Å²) in [7, 11) is 0. The van der Waals surface area contributed by atoms with Gasteiger partial charge in [-0.3, -0.25) is 4.79 Å². The molecule has 0 amide bonds. The summed E-state index contributed by atoms with van der Waals surface area (Å²) in [6.45, 7) is 0.561. The zero-order chi connectivity index (χ0) is 13.2. The summed E-state index contributed by atoms with van der Waals surface area (Å²) < 4.78 is 37.1. The van der Waals surface area contributed by atoms with Crippen LogP contribution in [0.2, 0.25) is 0 Å². The van der Waals surface area contributed by atoms with Crippen molar-refractivity contribution in [2.24, 2.45) is 0 Å². The van der Waals surface area contributed by atoms with Crippen LogP contribution in [0.1, 0.15) is 16.1 Å². The number of rotatable bonds is 3. The van der Waals surface area contributed by atoms with Crippen LogP contribution in [-0.2, 0) is 11.3 Å². The van der Waals surface area contributed by atoms with E-state index in [4.69, 9.17) is 5.11 Å². The molecule has 1 heterocycles. The van der Waals surface area contributed by atoms with Crippen molar-refractivity contribution in [3.05, 3.63) is 29.6 Å². The Balaban J connectivity index is 3.02. The fourth-order valence-corrected chi connectivity index (χ4v) is 1.16. The van der Waals surface area contributed by atoms with Gasteiger partial charge in [0, 0.05) is 13.0 Å². The zero-order valence-corrected chi connectivity index (χ0v) is 8.78. The predicted molar refractivity (Wildman–Crippen MR) is 49.4 cm³/mol. The third kappa shape index (κ3) is 3.27. The maximum Gasteiger partial charge on any atom is 0.456 e. The highest BCUT2D eigenvalue weighted by atomic mass is 19.4. The number of aromatic nitrogens is 1. The second-order valence-corrected chi connectivity index (χ2v) is 3.41. The molecule has 0 fully saturated rings. The first-order valence-corrected chi connectivity index (χ1v) is 4.55. The first-order valence-electron chi connectivity index (χ1n) is 4.55. The summed E-state index contributed by atoms with van der Waals surface area (Å²) in [5.41, 5.74) is 0.193. The van der Waals surface area contributed by atoms with Gasteiger partial charge in [0.05, 0.1) is 0 Å². The average molecular weight is 248 g/mol. The number of hydrogen-bond donors (Lipinski definition) is 1. The monoisotopic (exact) mass is 248 g/mol. The number of pyridine rings is 1. The molecular formula is C10H9F3NO3+. The van der Waals surface area contributed by atoms with E-state index in [-0.39, 0.29) is 5.56 Å². The van der Waals surface area contributed by atoms with E-state index in [2.05, 4.69) is 0 Å². The number of carboxylic acid groups (broad SMARTS) is 1. The van der Waals surface area contributed by atoms with Gasteiger partial charge in [-0.05, 0) is 6.07 Å². The van der Waals surface area contributed by atoms with Gasteiger partial charge in [-0.25, -0.2) is 4.79 Å². The summed E-state index contributed by atoms with van der Waals surface area (Å²) in [5, 5.41) is 8.67. The molecule has 7 heteroatoms. The van der Waals surface area contributed by atoms with E-state index in [0.29, 0.717) is 5.69 Å². The molecule has 0 aromatic carbocycles. The molecule has 0 aliphatic rings. The molecule has 0 aliphatic carbocycles. The third-order valence-electron chi connectivity index (χ3n) is 2.13. The van der Waals surface area contributed by atoms with E-state index < -0.39 is 24.5 Å². The highest BCUT2D eigenvalue weighted by molar-refractivity contribution is 5.87. The molecule has 0 bridgehead atoms. The number of Topliss-reactive ketones (excluding diaryl/α,β-unsaturated/α-hetero) is 1. The number of carbonyl (C=O) groups excluding carboxylic acids is 1. The maximum absolute atomic E-state index is 12.0. The van der Waals surface area contributed by atoms with E-state index >= 15 is 0 Å². The van der Waals surface area contributed by atoms with Gasteiger partial charge in [-0.15, -0.1) is 0 Å². The van der Waals surface area contributed by atoms with E-state index in [0.717, 1.165) is 10.8 Å². The number of aryl methyl sites for hydroxylation is 1. The van der Waals surface area contributed by atoms with Crippen LogP contribution < -0.4 is 4.57 Å². The molecule has 4 nitrogen and oxygen atoms in total. The first kappa shape index (κ1) is 13.1. The molecule has 0 saturated carbocycles. The van der Waals surface area contributed by atoms with Gasteiger partial charge >= 0.3 is 17.9 Å². The summed E-state index contributed by atoms with van der Waals surface area (Å²) >= 11 is 0. The molecule has 0 radical (unpaired) electrons. The fraction of sp³-hybridized carbons (Fsp3) is 0.300. The van der Waals surface area contributed by atoms with Crippen molar-refractivity contribution >= 4 is 11.8 Å². The first-order chi connectivity index (χ1) is 7.71. The number of ketones is 1. The van der Waals surface area contributed by atoms with Gasteiger partial charge in [0.15, 0.2) is 11.9 Å². The lowest BCUT2D eigenvalue weighted by molar-refractivity contribution is -0.691. The smallest absolute Gasteiger partial charge is 0.456 e. The lowest BCUT2D eigenvalue weighted by Crippen LogP contribution is -2.45. The van der Waals surface area contributed by atoms with Gasteiger partial charge in [0.25, 0.3) is 0 Å². The molecule has 0 saturated heterocycles. The summed E-state index contributed by atoms with van der Waals surface area (Å²) in [6.07, 6.45) is -3.92. The Kier molecular flexibility index (Phi) is 3.50. The molecule has 1 aromatic rings. The Morgan fingerprint density at radius 2 is 1.94 bits per heavy atom. The Labute approximate surface area is 94.3 Å². The topological polar surface area (TPSA) is 58.2 Å². The minimum absolute atomic E-state index is 0.175. The number of nitrogens with zero attached hydrogens (tertiary/aromatic N) is 1. The number of carbonyl (C=O) groups is 2. The Bertz CT molecular complexity index is 468. The highest BCUT2D eigenvalue weighted by Crippen LogP contribution is 2.15. The molecule has 0 atom stereocenters. The number of carboxylic acids is 1. The minimum atomic E-state index is -4.92. The summed E-state index contributed by atoms with van der Waals surface area (Å²) in [5.74, 6) is -3.19. The van der Waals surface area contributed by atoms with Crippen molar-refractivity contribution in [1.29, 1.82) is 0 Å². The number of halogens is 3. The number of aromatic carboxylic acids is 1. The quantitative estimate of drug-likeness (QED) is 0.815. The van der Waals surface area contributed by atoms with Crippen molar-refractivity contribution in [2.45, 2.75) is 19.6 Å². The molecule has 0 unspecified atom stereocenters. The van der Waals surface area contributed by atoms with E-state index in [1.54, 1.807) is 0 Å². The Morgan fingerprint density at radius 3 is 2.41 bits per heavy atom. The summed E-state index contributed by atoms with van der Waals surface area (Å²) in [4.78, 5) is 21.4. The van der Waals surface area contributed by atoms with Gasteiger partial charge in [0.1, 0.15) is 5.56 Å². The van der Waals surface area contributed by atoms with Crippen molar-refractivity contribution in [3.8, 4) is 0 Å². The van der Waals surface area contributed by atoms with Crippen molar-refractivity contribution < 1.29 is 32.4 Å². The van der Waals surface area contributed by atoms with Crippen LogP contribution in [0, 0.1) is 6.92 Å². The summed E-state index contributed by atoms with van der Waals surface area (Å²) in [6, 6.07) is 2.60. The van der Waals surface area contributed by atoms with Crippen LogP contribution in [0.5, 0.6) is 0 Å². The lowest BCUT2D eigenvalue weighted by atomic mass is 10.2. The van der Waals surface area contributed by atoms with Gasteiger partial charge in [0.2, 0.25) is 6.54 Å². The SMILES string of the molecule is Cc1ccc(C(=O)O)c[n+]1CC(=O)C(F)(F)F. The van der Waals surface area contributed by atoms with Crippen LogP contribution >= 0.6 is 0 Å². The van der Waals surface area contributed by atoms with Crippen LogP contribution in [0.3, 0.4) is 0 Å². The molecule has 92 valence electrons.